The van der Waals surface area contributed by atoms with Gasteiger partial charge in [0.25, 0.3) is 0 Å². The van der Waals surface area contributed by atoms with Crippen LogP contribution in [0.2, 0.25) is 0 Å². The molecule has 0 aliphatic rings. The van der Waals surface area contributed by atoms with Gasteiger partial charge in [-0.1, -0.05) is 34.4 Å². The predicted octanol–water partition coefficient (Wildman–Crippen LogP) is 5.85. The Labute approximate surface area is 165 Å². The Bertz CT molecular complexity index is 531. The minimum absolute atomic E-state index is 0.191. The molecule has 0 fully saturated rings. The van der Waals surface area contributed by atoms with Crippen molar-refractivity contribution < 1.29 is 19.1 Å². The molecule has 0 aliphatic carbocycles. The number of rotatable bonds is 12. The summed E-state index contributed by atoms with van der Waals surface area (Å²) >= 11 is 0. The quantitative estimate of drug-likeness (QED) is 0.244. The Morgan fingerprint density at radius 1 is 0.630 bits per heavy atom. The monoisotopic (exact) mass is 376 g/mol. The standard InChI is InChI=1S/C23H36O4/c1-18(2)9-7-11-20(5)13-15-26-22(24)17-23(25)27-16-14-21(6)12-8-10-19(3)4/h9-10,13-14H,7-8,11-12,15-17H2,1-6H3/b20-13+,21-14+. The highest BCUT2D eigenvalue weighted by Gasteiger charge is 2.11. The Kier molecular flexibility index (Phi) is 13.8. The summed E-state index contributed by atoms with van der Waals surface area (Å²) in [7, 11) is 0. The fourth-order valence-electron chi connectivity index (χ4n) is 2.15. The first-order valence-corrected chi connectivity index (χ1v) is 9.60. The molecule has 0 radical (unpaired) electrons. The molecule has 27 heavy (non-hydrogen) atoms. The Morgan fingerprint density at radius 2 is 1.00 bits per heavy atom. The summed E-state index contributed by atoms with van der Waals surface area (Å²) < 4.78 is 10.1. The summed E-state index contributed by atoms with van der Waals surface area (Å²) in [6.45, 7) is 12.7. The van der Waals surface area contributed by atoms with E-state index < -0.39 is 11.9 Å². The van der Waals surface area contributed by atoms with Gasteiger partial charge in [0.2, 0.25) is 0 Å². The minimum Gasteiger partial charge on any atom is -0.461 e. The van der Waals surface area contributed by atoms with Crippen LogP contribution in [0.1, 0.15) is 73.6 Å². The Balaban J connectivity index is 3.99. The van der Waals surface area contributed by atoms with E-state index in [-0.39, 0.29) is 19.6 Å². The van der Waals surface area contributed by atoms with E-state index in [1.165, 1.54) is 11.1 Å². The van der Waals surface area contributed by atoms with Gasteiger partial charge in [-0.2, -0.15) is 0 Å². The van der Waals surface area contributed by atoms with Gasteiger partial charge in [-0.15, -0.1) is 0 Å². The second-order valence-corrected chi connectivity index (χ2v) is 7.28. The molecule has 4 heteroatoms. The van der Waals surface area contributed by atoms with Crippen LogP contribution >= 0.6 is 0 Å². The summed E-state index contributed by atoms with van der Waals surface area (Å²) in [5.41, 5.74) is 4.92. The van der Waals surface area contributed by atoms with E-state index in [1.807, 2.05) is 26.0 Å². The molecular formula is C23H36O4. The van der Waals surface area contributed by atoms with Gasteiger partial charge in [0.05, 0.1) is 0 Å². The minimum atomic E-state index is -0.558. The van der Waals surface area contributed by atoms with Crippen molar-refractivity contribution in [3.8, 4) is 0 Å². The van der Waals surface area contributed by atoms with Crippen LogP contribution in [0.4, 0.5) is 0 Å². The molecule has 0 aromatic rings. The second-order valence-electron chi connectivity index (χ2n) is 7.28. The Morgan fingerprint density at radius 3 is 1.33 bits per heavy atom. The first-order chi connectivity index (χ1) is 12.7. The van der Waals surface area contributed by atoms with Crippen LogP contribution in [-0.4, -0.2) is 25.2 Å². The zero-order valence-corrected chi connectivity index (χ0v) is 17.9. The van der Waals surface area contributed by atoms with Crippen LogP contribution in [-0.2, 0) is 19.1 Å². The van der Waals surface area contributed by atoms with Crippen LogP contribution in [0.25, 0.3) is 0 Å². The highest BCUT2D eigenvalue weighted by Crippen LogP contribution is 2.07. The molecule has 0 N–H and O–H groups in total. The fraction of sp³-hybridized carbons (Fsp3) is 0.565. The maximum Gasteiger partial charge on any atom is 0.317 e. The van der Waals surface area contributed by atoms with Gasteiger partial charge in [-0.05, 0) is 79.4 Å². The van der Waals surface area contributed by atoms with Crippen LogP contribution in [0, 0.1) is 0 Å². The third kappa shape index (κ3) is 17.1. The zero-order chi connectivity index (χ0) is 20.7. The number of esters is 2. The van der Waals surface area contributed by atoms with Crippen LogP contribution in [0.5, 0.6) is 0 Å². The number of carbonyl (C=O) groups is 2. The molecule has 0 amide bonds. The molecule has 4 nitrogen and oxygen atoms in total. The van der Waals surface area contributed by atoms with Gasteiger partial charge < -0.3 is 9.47 Å². The third-order valence-corrected chi connectivity index (χ3v) is 3.82. The molecule has 0 heterocycles. The highest BCUT2D eigenvalue weighted by molar-refractivity contribution is 5.91. The van der Waals surface area contributed by atoms with Gasteiger partial charge in [0.15, 0.2) is 0 Å². The molecule has 0 bridgehead atoms. The molecule has 0 rings (SSSR count). The first kappa shape index (κ1) is 24.9. The van der Waals surface area contributed by atoms with Crippen LogP contribution in [0.3, 0.4) is 0 Å². The zero-order valence-electron chi connectivity index (χ0n) is 17.9. The number of carbonyl (C=O) groups excluding carboxylic acids is 2. The molecule has 0 spiro atoms. The number of ether oxygens (including phenoxy) is 2. The van der Waals surface area contributed by atoms with Crippen molar-refractivity contribution >= 4 is 11.9 Å². The van der Waals surface area contributed by atoms with E-state index in [9.17, 15) is 9.59 Å². The van der Waals surface area contributed by atoms with Gasteiger partial charge in [0.1, 0.15) is 19.6 Å². The average Bonchev–Trinajstić information content (AvgIpc) is 2.54. The maximum absolute atomic E-state index is 11.7. The van der Waals surface area contributed by atoms with E-state index in [0.29, 0.717) is 0 Å². The molecule has 0 unspecified atom stereocenters. The van der Waals surface area contributed by atoms with E-state index in [1.54, 1.807) is 0 Å². The first-order valence-electron chi connectivity index (χ1n) is 9.60. The molecule has 0 saturated carbocycles. The topological polar surface area (TPSA) is 52.6 Å². The van der Waals surface area contributed by atoms with Gasteiger partial charge in [-0.3, -0.25) is 9.59 Å². The smallest absolute Gasteiger partial charge is 0.317 e. The van der Waals surface area contributed by atoms with Gasteiger partial charge >= 0.3 is 11.9 Å². The summed E-state index contributed by atoms with van der Waals surface area (Å²) in [5.74, 6) is -1.12. The lowest BCUT2D eigenvalue weighted by atomic mass is 10.1. The van der Waals surface area contributed by atoms with Crippen molar-refractivity contribution in [1.82, 2.24) is 0 Å². The molecule has 0 aliphatic heterocycles. The van der Waals surface area contributed by atoms with Crippen LogP contribution < -0.4 is 0 Å². The van der Waals surface area contributed by atoms with Crippen molar-refractivity contribution in [3.63, 3.8) is 0 Å². The predicted molar refractivity (Wildman–Crippen MR) is 111 cm³/mol. The summed E-state index contributed by atoms with van der Waals surface area (Å²) in [6.07, 6.45) is 11.6. The number of hydrogen-bond donors (Lipinski definition) is 0. The van der Waals surface area contributed by atoms with Crippen LogP contribution in [0.15, 0.2) is 46.6 Å². The van der Waals surface area contributed by atoms with Crippen molar-refractivity contribution in [2.75, 3.05) is 13.2 Å². The largest absolute Gasteiger partial charge is 0.461 e. The lowest BCUT2D eigenvalue weighted by Crippen LogP contribution is -2.14. The molecule has 0 aromatic heterocycles. The van der Waals surface area contributed by atoms with E-state index in [0.717, 1.165) is 36.8 Å². The van der Waals surface area contributed by atoms with Gasteiger partial charge in [0, 0.05) is 0 Å². The molecular weight excluding hydrogens is 340 g/mol. The molecule has 152 valence electrons. The van der Waals surface area contributed by atoms with Crippen molar-refractivity contribution in [2.45, 2.75) is 73.6 Å². The van der Waals surface area contributed by atoms with E-state index >= 15 is 0 Å². The molecule has 0 atom stereocenters. The fourth-order valence-corrected chi connectivity index (χ4v) is 2.15. The number of allylic oxidation sites excluding steroid dienone is 6. The average molecular weight is 377 g/mol. The summed E-state index contributed by atoms with van der Waals surface area (Å²) in [6, 6.07) is 0. The SMILES string of the molecule is CC(C)=CCC/C(C)=C/COC(=O)CC(=O)OC/C=C(\C)CCC=C(C)C. The van der Waals surface area contributed by atoms with Crippen molar-refractivity contribution in [1.29, 1.82) is 0 Å². The molecule has 0 saturated heterocycles. The molecule has 0 aromatic carbocycles. The third-order valence-electron chi connectivity index (χ3n) is 3.82. The summed E-state index contributed by atoms with van der Waals surface area (Å²) in [4.78, 5) is 23.3. The van der Waals surface area contributed by atoms with E-state index in [2.05, 4.69) is 39.8 Å². The normalized spacial score (nSPS) is 11.6. The van der Waals surface area contributed by atoms with Gasteiger partial charge in [-0.25, -0.2) is 0 Å². The lowest BCUT2D eigenvalue weighted by Gasteiger charge is -2.05. The van der Waals surface area contributed by atoms with Crippen molar-refractivity contribution in [3.05, 3.63) is 46.6 Å². The maximum atomic E-state index is 11.7. The summed E-state index contributed by atoms with van der Waals surface area (Å²) in [5, 5.41) is 0. The number of hydrogen-bond acceptors (Lipinski definition) is 4. The lowest BCUT2D eigenvalue weighted by molar-refractivity contribution is -0.153. The van der Waals surface area contributed by atoms with Crippen molar-refractivity contribution in [2.24, 2.45) is 0 Å². The van der Waals surface area contributed by atoms with E-state index in [4.69, 9.17) is 9.47 Å². The Hall–Kier alpha value is -2.10. The highest BCUT2D eigenvalue weighted by atomic mass is 16.6. The second kappa shape index (κ2) is 15.0.